The number of likely N-dealkylation sites (N-methyl/N-ethyl adjacent to an activating group) is 1. The van der Waals surface area contributed by atoms with Crippen LogP contribution in [0.4, 0.5) is 0 Å². The number of hydrogen-bond donors (Lipinski definition) is 1. The summed E-state index contributed by atoms with van der Waals surface area (Å²) in [5, 5.41) is 0. The van der Waals surface area contributed by atoms with Crippen LogP contribution in [0.3, 0.4) is 0 Å². The van der Waals surface area contributed by atoms with Crippen LogP contribution in [0.25, 0.3) is 0 Å². The molecule has 0 aromatic carbocycles. The molecule has 78 valence electrons. The number of rotatable bonds is 4. The fourth-order valence-electron chi connectivity index (χ4n) is 2.52. The van der Waals surface area contributed by atoms with Gasteiger partial charge in [0, 0.05) is 12.1 Å². The minimum atomic E-state index is 0.342. The van der Waals surface area contributed by atoms with Gasteiger partial charge in [0.05, 0.1) is 0 Å². The lowest BCUT2D eigenvalue weighted by molar-refractivity contribution is 0.0828. The van der Waals surface area contributed by atoms with E-state index < -0.39 is 0 Å². The molecule has 0 aromatic heterocycles. The Morgan fingerprint density at radius 1 is 1.23 bits per heavy atom. The smallest absolute Gasteiger partial charge is 0.0328 e. The summed E-state index contributed by atoms with van der Waals surface area (Å²) in [6.07, 6.45) is 7.98. The standard InChI is InChI=1S/C11H24N2/c1-3-9-13(2)11(10-12)7-5-4-6-8-11/h3-10,12H2,1-2H3. The fourth-order valence-corrected chi connectivity index (χ4v) is 2.52. The van der Waals surface area contributed by atoms with Crippen molar-refractivity contribution < 1.29 is 0 Å². The fraction of sp³-hybridized carbons (Fsp3) is 1.00. The predicted molar refractivity (Wildman–Crippen MR) is 57.8 cm³/mol. The van der Waals surface area contributed by atoms with Gasteiger partial charge in [0.15, 0.2) is 0 Å². The summed E-state index contributed by atoms with van der Waals surface area (Å²) in [6.45, 7) is 4.27. The summed E-state index contributed by atoms with van der Waals surface area (Å²) in [4.78, 5) is 2.49. The van der Waals surface area contributed by atoms with Gasteiger partial charge in [-0.3, -0.25) is 4.90 Å². The highest BCUT2D eigenvalue weighted by Gasteiger charge is 2.33. The van der Waals surface area contributed by atoms with Gasteiger partial charge < -0.3 is 5.73 Å². The van der Waals surface area contributed by atoms with Crippen LogP contribution in [-0.4, -0.2) is 30.6 Å². The van der Waals surface area contributed by atoms with E-state index in [-0.39, 0.29) is 0 Å². The van der Waals surface area contributed by atoms with E-state index in [1.807, 2.05) is 0 Å². The van der Waals surface area contributed by atoms with Crippen LogP contribution in [0.1, 0.15) is 45.4 Å². The molecule has 2 nitrogen and oxygen atoms in total. The topological polar surface area (TPSA) is 29.3 Å². The second-order valence-corrected chi connectivity index (χ2v) is 4.41. The highest BCUT2D eigenvalue weighted by molar-refractivity contribution is 4.92. The Bertz CT molecular complexity index is 139. The molecule has 0 heterocycles. The van der Waals surface area contributed by atoms with Crippen LogP contribution in [0.15, 0.2) is 0 Å². The third kappa shape index (κ3) is 2.44. The minimum absolute atomic E-state index is 0.342. The molecule has 1 fully saturated rings. The minimum Gasteiger partial charge on any atom is -0.329 e. The van der Waals surface area contributed by atoms with Gasteiger partial charge in [-0.2, -0.15) is 0 Å². The summed E-state index contributed by atoms with van der Waals surface area (Å²) < 4.78 is 0. The second-order valence-electron chi connectivity index (χ2n) is 4.41. The Morgan fingerprint density at radius 3 is 2.31 bits per heavy atom. The van der Waals surface area contributed by atoms with Gasteiger partial charge >= 0.3 is 0 Å². The van der Waals surface area contributed by atoms with Crippen LogP contribution in [-0.2, 0) is 0 Å². The van der Waals surface area contributed by atoms with Crippen molar-refractivity contribution in [3.05, 3.63) is 0 Å². The molecule has 1 rings (SSSR count). The van der Waals surface area contributed by atoms with Crippen molar-refractivity contribution in [3.8, 4) is 0 Å². The maximum Gasteiger partial charge on any atom is 0.0328 e. The molecular formula is C11H24N2. The van der Waals surface area contributed by atoms with E-state index in [0.717, 1.165) is 6.54 Å². The molecule has 0 bridgehead atoms. The van der Waals surface area contributed by atoms with Crippen molar-refractivity contribution in [1.82, 2.24) is 4.90 Å². The first-order valence-electron chi connectivity index (χ1n) is 5.66. The molecule has 0 saturated heterocycles. The molecule has 0 atom stereocenters. The lowest BCUT2D eigenvalue weighted by Crippen LogP contribution is -2.53. The Hall–Kier alpha value is -0.0800. The highest BCUT2D eigenvalue weighted by atomic mass is 15.2. The average molecular weight is 184 g/mol. The predicted octanol–water partition coefficient (Wildman–Crippen LogP) is 1.99. The van der Waals surface area contributed by atoms with E-state index in [2.05, 4.69) is 18.9 Å². The zero-order chi connectivity index (χ0) is 9.73. The number of hydrogen-bond acceptors (Lipinski definition) is 2. The van der Waals surface area contributed by atoms with Gasteiger partial charge in [-0.15, -0.1) is 0 Å². The summed E-state index contributed by atoms with van der Waals surface area (Å²) >= 11 is 0. The molecule has 2 heteroatoms. The van der Waals surface area contributed by atoms with E-state index in [4.69, 9.17) is 5.73 Å². The first kappa shape index (κ1) is 11.0. The Labute approximate surface area is 82.5 Å². The molecule has 0 spiro atoms. The molecule has 13 heavy (non-hydrogen) atoms. The number of nitrogens with zero attached hydrogens (tertiary/aromatic N) is 1. The van der Waals surface area contributed by atoms with Crippen molar-refractivity contribution in [2.45, 2.75) is 51.0 Å². The number of nitrogens with two attached hydrogens (primary N) is 1. The average Bonchev–Trinajstić information content (AvgIpc) is 2.19. The lowest BCUT2D eigenvalue weighted by atomic mass is 9.80. The quantitative estimate of drug-likeness (QED) is 0.724. The maximum absolute atomic E-state index is 5.93. The van der Waals surface area contributed by atoms with Gasteiger partial charge in [-0.05, 0) is 32.9 Å². The highest BCUT2D eigenvalue weighted by Crippen LogP contribution is 2.31. The van der Waals surface area contributed by atoms with E-state index in [1.165, 1.54) is 45.1 Å². The molecular weight excluding hydrogens is 160 g/mol. The van der Waals surface area contributed by atoms with Crippen LogP contribution in [0.5, 0.6) is 0 Å². The first-order chi connectivity index (χ1) is 6.25. The van der Waals surface area contributed by atoms with E-state index >= 15 is 0 Å². The monoisotopic (exact) mass is 184 g/mol. The van der Waals surface area contributed by atoms with Crippen LogP contribution >= 0.6 is 0 Å². The summed E-state index contributed by atoms with van der Waals surface area (Å²) in [5.41, 5.74) is 6.27. The first-order valence-corrected chi connectivity index (χ1v) is 5.66. The van der Waals surface area contributed by atoms with E-state index in [1.54, 1.807) is 0 Å². The molecule has 1 saturated carbocycles. The Morgan fingerprint density at radius 2 is 1.85 bits per heavy atom. The molecule has 0 unspecified atom stereocenters. The maximum atomic E-state index is 5.93. The van der Waals surface area contributed by atoms with Crippen LogP contribution in [0, 0.1) is 0 Å². The normalized spacial score (nSPS) is 22.2. The second kappa shape index (κ2) is 4.97. The van der Waals surface area contributed by atoms with Crippen molar-refractivity contribution in [2.75, 3.05) is 20.1 Å². The third-order valence-electron chi connectivity index (χ3n) is 3.53. The third-order valence-corrected chi connectivity index (χ3v) is 3.53. The molecule has 0 amide bonds. The molecule has 1 aliphatic rings. The Kier molecular flexibility index (Phi) is 4.20. The SMILES string of the molecule is CCCN(C)C1(CN)CCCCC1. The van der Waals surface area contributed by atoms with E-state index in [9.17, 15) is 0 Å². The van der Waals surface area contributed by atoms with Gasteiger partial charge in [0.2, 0.25) is 0 Å². The zero-order valence-corrected chi connectivity index (χ0v) is 9.18. The summed E-state index contributed by atoms with van der Waals surface area (Å²) in [6, 6.07) is 0. The van der Waals surface area contributed by atoms with Crippen molar-refractivity contribution in [3.63, 3.8) is 0 Å². The van der Waals surface area contributed by atoms with Gasteiger partial charge in [-0.25, -0.2) is 0 Å². The molecule has 0 radical (unpaired) electrons. The molecule has 0 aromatic rings. The summed E-state index contributed by atoms with van der Waals surface area (Å²) in [5.74, 6) is 0. The Balaban J connectivity index is 2.55. The molecule has 0 aliphatic heterocycles. The van der Waals surface area contributed by atoms with E-state index in [0.29, 0.717) is 5.54 Å². The van der Waals surface area contributed by atoms with Crippen molar-refractivity contribution >= 4 is 0 Å². The lowest BCUT2D eigenvalue weighted by Gasteiger charge is -2.44. The van der Waals surface area contributed by atoms with Crippen LogP contribution in [0.2, 0.25) is 0 Å². The van der Waals surface area contributed by atoms with Gasteiger partial charge in [-0.1, -0.05) is 26.2 Å². The van der Waals surface area contributed by atoms with Crippen molar-refractivity contribution in [1.29, 1.82) is 0 Å². The largest absolute Gasteiger partial charge is 0.329 e. The molecule has 2 N–H and O–H groups in total. The summed E-state index contributed by atoms with van der Waals surface area (Å²) in [7, 11) is 2.24. The van der Waals surface area contributed by atoms with Gasteiger partial charge in [0.25, 0.3) is 0 Å². The van der Waals surface area contributed by atoms with Crippen LogP contribution < -0.4 is 5.73 Å². The van der Waals surface area contributed by atoms with Crippen molar-refractivity contribution in [2.24, 2.45) is 5.73 Å². The van der Waals surface area contributed by atoms with Gasteiger partial charge in [0.1, 0.15) is 0 Å². The zero-order valence-electron chi connectivity index (χ0n) is 9.18. The molecule has 1 aliphatic carbocycles.